The van der Waals surface area contributed by atoms with Crippen molar-refractivity contribution in [2.24, 2.45) is 4.99 Å². The standard InChI is InChI=1S/C19H26N4O2S/c1-4-20-19(23-13-17-9-8-14(2)26-17)22-11-10-21-18(24)15-6-5-7-16(12-15)25-3/h5-9,12H,4,10-11,13H2,1-3H3,(H,21,24)(H2,20,22,23). The second kappa shape index (κ2) is 10.5. The average molecular weight is 375 g/mol. The summed E-state index contributed by atoms with van der Waals surface area (Å²) in [6.45, 7) is 6.63. The summed E-state index contributed by atoms with van der Waals surface area (Å²) in [5, 5.41) is 9.33. The first kappa shape index (κ1) is 19.8. The Morgan fingerprint density at radius 1 is 1.15 bits per heavy atom. The highest BCUT2D eigenvalue weighted by atomic mass is 32.1. The summed E-state index contributed by atoms with van der Waals surface area (Å²) in [4.78, 5) is 19.2. The van der Waals surface area contributed by atoms with Gasteiger partial charge in [0.15, 0.2) is 5.96 Å². The SMILES string of the molecule is CCNC(=NCc1ccc(C)s1)NCCNC(=O)c1cccc(OC)c1. The third kappa shape index (κ3) is 6.40. The monoisotopic (exact) mass is 374 g/mol. The van der Waals surface area contributed by atoms with E-state index in [1.807, 2.05) is 13.0 Å². The van der Waals surface area contributed by atoms with Crippen LogP contribution in [-0.4, -0.2) is 38.6 Å². The lowest BCUT2D eigenvalue weighted by Crippen LogP contribution is -2.41. The molecule has 0 aliphatic heterocycles. The Labute approximate surface area is 158 Å². The Balaban J connectivity index is 1.78. The van der Waals surface area contributed by atoms with Crippen LogP contribution < -0.4 is 20.7 Å². The van der Waals surface area contributed by atoms with Gasteiger partial charge in [0, 0.05) is 35.0 Å². The number of hydrogen-bond acceptors (Lipinski definition) is 4. The predicted molar refractivity (Wildman–Crippen MR) is 107 cm³/mol. The van der Waals surface area contributed by atoms with Crippen LogP contribution in [0, 0.1) is 6.92 Å². The molecule has 0 saturated carbocycles. The number of hydrogen-bond donors (Lipinski definition) is 3. The Bertz CT molecular complexity index is 743. The molecule has 0 bridgehead atoms. The van der Waals surface area contributed by atoms with Crippen molar-refractivity contribution in [2.45, 2.75) is 20.4 Å². The minimum Gasteiger partial charge on any atom is -0.497 e. The van der Waals surface area contributed by atoms with Crippen molar-refractivity contribution in [3.05, 3.63) is 51.7 Å². The molecule has 0 saturated heterocycles. The van der Waals surface area contributed by atoms with Crippen molar-refractivity contribution >= 4 is 23.2 Å². The molecule has 26 heavy (non-hydrogen) atoms. The van der Waals surface area contributed by atoms with Crippen molar-refractivity contribution in [3.8, 4) is 5.75 Å². The van der Waals surface area contributed by atoms with Gasteiger partial charge in [-0.15, -0.1) is 11.3 Å². The number of benzene rings is 1. The van der Waals surface area contributed by atoms with Crippen molar-refractivity contribution in [3.63, 3.8) is 0 Å². The maximum atomic E-state index is 12.2. The van der Waals surface area contributed by atoms with E-state index in [4.69, 9.17) is 4.74 Å². The molecule has 0 radical (unpaired) electrons. The smallest absolute Gasteiger partial charge is 0.251 e. The van der Waals surface area contributed by atoms with Gasteiger partial charge in [0.1, 0.15) is 5.75 Å². The Kier molecular flexibility index (Phi) is 7.95. The first-order chi connectivity index (χ1) is 12.6. The lowest BCUT2D eigenvalue weighted by Gasteiger charge is -2.12. The van der Waals surface area contributed by atoms with Gasteiger partial charge in [-0.3, -0.25) is 4.79 Å². The number of aryl methyl sites for hydroxylation is 1. The third-order valence-electron chi connectivity index (χ3n) is 3.57. The van der Waals surface area contributed by atoms with Gasteiger partial charge in [0.05, 0.1) is 13.7 Å². The molecule has 2 aromatic rings. The molecule has 0 spiro atoms. The highest BCUT2D eigenvalue weighted by molar-refractivity contribution is 7.11. The van der Waals surface area contributed by atoms with Gasteiger partial charge in [-0.1, -0.05) is 6.07 Å². The molecule has 1 amide bonds. The van der Waals surface area contributed by atoms with Crippen LogP contribution in [0.4, 0.5) is 0 Å². The lowest BCUT2D eigenvalue weighted by molar-refractivity contribution is 0.0954. The molecule has 0 atom stereocenters. The maximum Gasteiger partial charge on any atom is 0.251 e. The summed E-state index contributed by atoms with van der Waals surface area (Å²) in [6, 6.07) is 11.3. The van der Waals surface area contributed by atoms with Crippen LogP contribution in [0.1, 0.15) is 27.0 Å². The topological polar surface area (TPSA) is 74.8 Å². The number of carbonyl (C=O) groups is 1. The number of nitrogens with one attached hydrogen (secondary N) is 3. The summed E-state index contributed by atoms with van der Waals surface area (Å²) in [5.74, 6) is 1.29. The van der Waals surface area contributed by atoms with Crippen LogP contribution in [0.3, 0.4) is 0 Å². The minimum atomic E-state index is -0.123. The van der Waals surface area contributed by atoms with E-state index in [0.717, 1.165) is 12.5 Å². The molecule has 7 heteroatoms. The average Bonchev–Trinajstić information content (AvgIpc) is 3.08. The summed E-state index contributed by atoms with van der Waals surface area (Å²) in [6.07, 6.45) is 0. The van der Waals surface area contributed by atoms with E-state index in [1.54, 1.807) is 36.6 Å². The predicted octanol–water partition coefficient (Wildman–Crippen LogP) is 2.55. The molecule has 6 nitrogen and oxygen atoms in total. The van der Waals surface area contributed by atoms with Gasteiger partial charge in [0.25, 0.3) is 5.91 Å². The Morgan fingerprint density at radius 3 is 2.65 bits per heavy atom. The number of aliphatic imine (C=N–C) groups is 1. The first-order valence-electron chi connectivity index (χ1n) is 8.62. The Hall–Kier alpha value is -2.54. The normalized spacial score (nSPS) is 11.1. The van der Waals surface area contributed by atoms with E-state index >= 15 is 0 Å². The molecule has 0 unspecified atom stereocenters. The van der Waals surface area contributed by atoms with E-state index in [1.165, 1.54) is 9.75 Å². The molecule has 3 N–H and O–H groups in total. The number of guanidine groups is 1. The van der Waals surface area contributed by atoms with Crippen LogP contribution in [0.25, 0.3) is 0 Å². The maximum absolute atomic E-state index is 12.2. The first-order valence-corrected chi connectivity index (χ1v) is 9.43. The number of rotatable bonds is 8. The quantitative estimate of drug-likeness (QED) is 0.377. The molecule has 1 aromatic heterocycles. The number of carbonyl (C=O) groups excluding carboxylic acids is 1. The highest BCUT2D eigenvalue weighted by Crippen LogP contribution is 2.15. The number of ether oxygens (including phenoxy) is 1. The van der Waals surface area contributed by atoms with Crippen LogP contribution in [0.2, 0.25) is 0 Å². The van der Waals surface area contributed by atoms with E-state index in [0.29, 0.717) is 30.9 Å². The van der Waals surface area contributed by atoms with Gasteiger partial charge in [-0.05, 0) is 44.2 Å². The molecule has 0 aliphatic rings. The zero-order chi connectivity index (χ0) is 18.8. The fourth-order valence-electron chi connectivity index (χ4n) is 2.29. The van der Waals surface area contributed by atoms with Crippen LogP contribution in [-0.2, 0) is 6.54 Å². The zero-order valence-corrected chi connectivity index (χ0v) is 16.3. The third-order valence-corrected chi connectivity index (χ3v) is 4.55. The molecular weight excluding hydrogens is 348 g/mol. The number of methoxy groups -OCH3 is 1. The molecule has 140 valence electrons. The fraction of sp³-hybridized carbons (Fsp3) is 0.368. The van der Waals surface area contributed by atoms with Gasteiger partial charge in [0.2, 0.25) is 0 Å². The summed E-state index contributed by atoms with van der Waals surface area (Å²) in [5.41, 5.74) is 0.581. The largest absolute Gasteiger partial charge is 0.497 e. The summed E-state index contributed by atoms with van der Waals surface area (Å²) >= 11 is 1.75. The second-order valence-corrected chi connectivity index (χ2v) is 6.99. The summed E-state index contributed by atoms with van der Waals surface area (Å²) in [7, 11) is 1.58. The zero-order valence-electron chi connectivity index (χ0n) is 15.5. The van der Waals surface area contributed by atoms with E-state index in [9.17, 15) is 4.79 Å². The van der Waals surface area contributed by atoms with Crippen molar-refractivity contribution in [2.75, 3.05) is 26.7 Å². The fourth-order valence-corrected chi connectivity index (χ4v) is 3.11. The highest BCUT2D eigenvalue weighted by Gasteiger charge is 2.06. The molecule has 1 heterocycles. The van der Waals surface area contributed by atoms with Crippen molar-refractivity contribution in [1.29, 1.82) is 0 Å². The lowest BCUT2D eigenvalue weighted by atomic mass is 10.2. The van der Waals surface area contributed by atoms with E-state index in [-0.39, 0.29) is 5.91 Å². The Morgan fingerprint density at radius 2 is 1.96 bits per heavy atom. The van der Waals surface area contributed by atoms with Gasteiger partial charge >= 0.3 is 0 Å². The van der Waals surface area contributed by atoms with Crippen molar-refractivity contribution < 1.29 is 9.53 Å². The molecule has 0 aliphatic carbocycles. The molecule has 0 fully saturated rings. The minimum absolute atomic E-state index is 0.123. The second-order valence-electron chi connectivity index (χ2n) is 5.62. The van der Waals surface area contributed by atoms with Crippen LogP contribution >= 0.6 is 11.3 Å². The number of thiophene rings is 1. The van der Waals surface area contributed by atoms with Gasteiger partial charge < -0.3 is 20.7 Å². The van der Waals surface area contributed by atoms with E-state index in [2.05, 4.69) is 40.0 Å². The van der Waals surface area contributed by atoms with Crippen LogP contribution in [0.5, 0.6) is 5.75 Å². The van der Waals surface area contributed by atoms with Gasteiger partial charge in [-0.25, -0.2) is 4.99 Å². The number of nitrogens with zero attached hydrogens (tertiary/aromatic N) is 1. The number of amides is 1. The van der Waals surface area contributed by atoms with E-state index < -0.39 is 0 Å². The molecule has 2 rings (SSSR count). The van der Waals surface area contributed by atoms with Crippen molar-refractivity contribution in [1.82, 2.24) is 16.0 Å². The molecule has 1 aromatic carbocycles. The summed E-state index contributed by atoms with van der Waals surface area (Å²) < 4.78 is 5.14. The van der Waals surface area contributed by atoms with Gasteiger partial charge in [-0.2, -0.15) is 0 Å². The molecular formula is C19H26N4O2S. The van der Waals surface area contributed by atoms with Crippen LogP contribution in [0.15, 0.2) is 41.4 Å².